The van der Waals surface area contributed by atoms with Gasteiger partial charge in [-0.15, -0.1) is 0 Å². The first-order chi connectivity index (χ1) is 11.5. The maximum atomic E-state index is 13.0. The fourth-order valence-electron chi connectivity index (χ4n) is 3.89. The lowest BCUT2D eigenvalue weighted by Gasteiger charge is -2.39. The van der Waals surface area contributed by atoms with E-state index in [1.165, 1.54) is 12.1 Å². The van der Waals surface area contributed by atoms with Gasteiger partial charge < -0.3 is 9.64 Å². The van der Waals surface area contributed by atoms with Gasteiger partial charge in [0, 0.05) is 38.3 Å². The Morgan fingerprint density at radius 1 is 1.12 bits per heavy atom. The molecule has 0 saturated carbocycles. The molecular weight excluding hydrogens is 307 g/mol. The minimum atomic E-state index is -0.306. The highest BCUT2D eigenvalue weighted by molar-refractivity contribution is 5.94. The van der Waals surface area contributed by atoms with Crippen LogP contribution in [0, 0.1) is 11.7 Å². The zero-order chi connectivity index (χ0) is 17.1. The molecule has 0 N–H and O–H groups in total. The average molecular weight is 334 g/mol. The topological polar surface area (TPSA) is 32.8 Å². The SMILES string of the molecule is C[C@@H]1CN(CC2CCN(C(=O)c3ccc(F)cc3)CC2)C[C@@H](C)O1. The average Bonchev–Trinajstić information content (AvgIpc) is 2.55. The summed E-state index contributed by atoms with van der Waals surface area (Å²) in [6.45, 7) is 8.93. The van der Waals surface area contributed by atoms with Crippen molar-refractivity contribution >= 4 is 5.91 Å². The predicted octanol–water partition coefficient (Wildman–Crippen LogP) is 2.79. The molecule has 4 nitrogen and oxygen atoms in total. The maximum Gasteiger partial charge on any atom is 0.253 e. The molecule has 0 unspecified atom stereocenters. The van der Waals surface area contributed by atoms with Gasteiger partial charge in [0.15, 0.2) is 0 Å². The molecule has 0 radical (unpaired) electrons. The lowest BCUT2D eigenvalue weighted by Crippen LogP contribution is -2.48. The number of hydrogen-bond acceptors (Lipinski definition) is 3. The minimum absolute atomic E-state index is 0.0158. The van der Waals surface area contributed by atoms with Gasteiger partial charge >= 0.3 is 0 Å². The molecule has 2 saturated heterocycles. The number of carbonyl (C=O) groups is 1. The van der Waals surface area contributed by atoms with Crippen LogP contribution in [0.25, 0.3) is 0 Å². The number of carbonyl (C=O) groups excluding carboxylic acids is 1. The Labute approximate surface area is 143 Å². The molecule has 2 heterocycles. The van der Waals surface area contributed by atoms with Gasteiger partial charge in [0.1, 0.15) is 5.82 Å². The minimum Gasteiger partial charge on any atom is -0.373 e. The predicted molar refractivity (Wildman–Crippen MR) is 91.5 cm³/mol. The van der Waals surface area contributed by atoms with Gasteiger partial charge in [-0.25, -0.2) is 4.39 Å². The second kappa shape index (κ2) is 7.62. The van der Waals surface area contributed by atoms with Crippen LogP contribution in [0.5, 0.6) is 0 Å². The molecule has 2 aliphatic heterocycles. The number of halogens is 1. The summed E-state index contributed by atoms with van der Waals surface area (Å²) in [5.41, 5.74) is 0.575. The molecule has 2 atom stereocenters. The molecule has 0 aromatic heterocycles. The Hall–Kier alpha value is -1.46. The first-order valence-corrected chi connectivity index (χ1v) is 8.94. The van der Waals surface area contributed by atoms with Crippen molar-refractivity contribution in [2.24, 2.45) is 5.92 Å². The fraction of sp³-hybridized carbons (Fsp3) is 0.632. The molecule has 1 aromatic rings. The standard InChI is InChI=1S/C19H27FN2O2/c1-14-11-21(12-15(2)24-14)13-16-7-9-22(10-8-16)19(23)17-3-5-18(20)6-4-17/h3-6,14-16H,7-13H2,1-2H3/t14-,15-/m1/s1. The van der Waals surface area contributed by atoms with E-state index in [9.17, 15) is 9.18 Å². The monoisotopic (exact) mass is 334 g/mol. The van der Waals surface area contributed by atoms with Crippen LogP contribution in [-0.2, 0) is 4.74 Å². The number of ether oxygens (including phenoxy) is 1. The number of benzene rings is 1. The quantitative estimate of drug-likeness (QED) is 0.852. The van der Waals surface area contributed by atoms with E-state index in [0.29, 0.717) is 23.7 Å². The first-order valence-electron chi connectivity index (χ1n) is 8.94. The summed E-state index contributed by atoms with van der Waals surface area (Å²) in [5.74, 6) is 0.348. The van der Waals surface area contributed by atoms with Crippen LogP contribution in [0.15, 0.2) is 24.3 Å². The number of rotatable bonds is 3. The van der Waals surface area contributed by atoms with Gasteiger partial charge in [-0.2, -0.15) is 0 Å². The summed E-state index contributed by atoms with van der Waals surface area (Å²) < 4.78 is 18.8. The lowest BCUT2D eigenvalue weighted by molar-refractivity contribution is -0.0728. The van der Waals surface area contributed by atoms with Gasteiger partial charge in [0.2, 0.25) is 0 Å². The molecule has 2 fully saturated rings. The molecule has 1 amide bonds. The Morgan fingerprint density at radius 3 is 2.29 bits per heavy atom. The van der Waals surface area contributed by atoms with Crippen molar-refractivity contribution in [3.63, 3.8) is 0 Å². The molecule has 1 aromatic carbocycles. The summed E-state index contributed by atoms with van der Waals surface area (Å²) in [5, 5.41) is 0. The van der Waals surface area contributed by atoms with E-state index in [1.807, 2.05) is 4.90 Å². The Bertz CT molecular complexity index is 545. The Balaban J connectivity index is 1.48. The molecule has 3 rings (SSSR count). The number of hydrogen-bond donors (Lipinski definition) is 0. The van der Waals surface area contributed by atoms with Crippen LogP contribution in [-0.4, -0.2) is 60.6 Å². The molecule has 2 aliphatic rings. The summed E-state index contributed by atoms with van der Waals surface area (Å²) in [7, 11) is 0. The molecule has 0 bridgehead atoms. The van der Waals surface area contributed by atoms with E-state index < -0.39 is 0 Å². The van der Waals surface area contributed by atoms with Gasteiger partial charge in [0.25, 0.3) is 5.91 Å². The largest absolute Gasteiger partial charge is 0.373 e. The molecule has 24 heavy (non-hydrogen) atoms. The van der Waals surface area contributed by atoms with Crippen molar-refractivity contribution in [3.8, 4) is 0 Å². The fourth-order valence-corrected chi connectivity index (χ4v) is 3.89. The third-order valence-electron chi connectivity index (χ3n) is 5.00. The van der Waals surface area contributed by atoms with Gasteiger partial charge in [0.05, 0.1) is 12.2 Å². The van der Waals surface area contributed by atoms with E-state index in [-0.39, 0.29) is 11.7 Å². The van der Waals surface area contributed by atoms with E-state index in [4.69, 9.17) is 4.74 Å². The number of piperidine rings is 1. The summed E-state index contributed by atoms with van der Waals surface area (Å²) in [4.78, 5) is 16.9. The zero-order valence-electron chi connectivity index (χ0n) is 14.6. The van der Waals surface area contributed by atoms with E-state index in [0.717, 1.165) is 45.6 Å². The second-order valence-electron chi connectivity index (χ2n) is 7.22. The normalized spacial score (nSPS) is 26.5. The third-order valence-corrected chi connectivity index (χ3v) is 5.00. The first kappa shape index (κ1) is 17.4. The van der Waals surface area contributed by atoms with Crippen molar-refractivity contribution in [1.29, 1.82) is 0 Å². The van der Waals surface area contributed by atoms with Crippen molar-refractivity contribution < 1.29 is 13.9 Å². The van der Waals surface area contributed by atoms with Crippen LogP contribution in [0.3, 0.4) is 0 Å². The van der Waals surface area contributed by atoms with E-state index >= 15 is 0 Å². The Kier molecular flexibility index (Phi) is 5.51. The molecule has 0 aliphatic carbocycles. The van der Waals surface area contributed by atoms with Crippen molar-refractivity contribution in [1.82, 2.24) is 9.80 Å². The summed E-state index contributed by atoms with van der Waals surface area (Å²) in [6.07, 6.45) is 2.67. The van der Waals surface area contributed by atoms with Crippen molar-refractivity contribution in [3.05, 3.63) is 35.6 Å². The molecule has 5 heteroatoms. The highest BCUT2D eigenvalue weighted by atomic mass is 19.1. The molecule has 0 spiro atoms. The highest BCUT2D eigenvalue weighted by Crippen LogP contribution is 2.22. The van der Waals surface area contributed by atoms with Crippen molar-refractivity contribution in [2.75, 3.05) is 32.7 Å². The smallest absolute Gasteiger partial charge is 0.253 e. The maximum absolute atomic E-state index is 13.0. The van der Waals surface area contributed by atoms with Gasteiger partial charge in [-0.05, 0) is 56.9 Å². The number of likely N-dealkylation sites (tertiary alicyclic amines) is 1. The van der Waals surface area contributed by atoms with E-state index in [1.54, 1.807) is 12.1 Å². The molecule has 132 valence electrons. The number of nitrogens with zero attached hydrogens (tertiary/aromatic N) is 2. The van der Waals surface area contributed by atoms with Crippen LogP contribution in [0.4, 0.5) is 4.39 Å². The number of amides is 1. The van der Waals surface area contributed by atoms with Gasteiger partial charge in [-0.1, -0.05) is 0 Å². The van der Waals surface area contributed by atoms with E-state index in [2.05, 4.69) is 18.7 Å². The number of morpholine rings is 1. The summed E-state index contributed by atoms with van der Waals surface area (Å²) in [6, 6.07) is 5.84. The van der Waals surface area contributed by atoms with Crippen LogP contribution in [0.1, 0.15) is 37.0 Å². The third kappa shape index (κ3) is 4.33. The van der Waals surface area contributed by atoms with Crippen LogP contribution >= 0.6 is 0 Å². The Morgan fingerprint density at radius 2 is 1.71 bits per heavy atom. The van der Waals surface area contributed by atoms with Crippen LogP contribution in [0.2, 0.25) is 0 Å². The van der Waals surface area contributed by atoms with Gasteiger partial charge in [-0.3, -0.25) is 9.69 Å². The highest BCUT2D eigenvalue weighted by Gasteiger charge is 2.28. The zero-order valence-corrected chi connectivity index (χ0v) is 14.6. The second-order valence-corrected chi connectivity index (χ2v) is 7.22. The van der Waals surface area contributed by atoms with Crippen LogP contribution < -0.4 is 0 Å². The molecular formula is C19H27FN2O2. The summed E-state index contributed by atoms with van der Waals surface area (Å²) >= 11 is 0. The van der Waals surface area contributed by atoms with Crippen molar-refractivity contribution in [2.45, 2.75) is 38.9 Å². The lowest BCUT2D eigenvalue weighted by atomic mass is 9.95.